The van der Waals surface area contributed by atoms with Gasteiger partial charge in [0.25, 0.3) is 0 Å². The van der Waals surface area contributed by atoms with Gasteiger partial charge in [0.1, 0.15) is 0 Å². The van der Waals surface area contributed by atoms with E-state index in [1.54, 1.807) is 0 Å². The van der Waals surface area contributed by atoms with Crippen molar-refractivity contribution in [2.24, 2.45) is 17.8 Å². The fraction of sp³-hybridized carbons (Fsp3) is 0.611. The summed E-state index contributed by atoms with van der Waals surface area (Å²) in [4.78, 5) is 12.4. The molecule has 2 bridgehead atoms. The van der Waals surface area contributed by atoms with E-state index in [-0.39, 0.29) is 11.8 Å². The number of hydrogen-bond acceptors (Lipinski definition) is 1. The molecule has 0 unspecified atom stereocenters. The van der Waals surface area contributed by atoms with Crippen LogP contribution in [-0.4, -0.2) is 5.91 Å². The van der Waals surface area contributed by atoms with Crippen molar-refractivity contribution >= 4 is 11.6 Å². The molecule has 1 aromatic rings. The van der Waals surface area contributed by atoms with Gasteiger partial charge >= 0.3 is 0 Å². The van der Waals surface area contributed by atoms with Crippen molar-refractivity contribution in [1.82, 2.24) is 0 Å². The molecule has 0 aliphatic heterocycles. The van der Waals surface area contributed by atoms with Crippen molar-refractivity contribution in [3.8, 4) is 0 Å². The number of hydrogen-bond donors (Lipinski definition) is 1. The van der Waals surface area contributed by atoms with Crippen LogP contribution in [0.4, 0.5) is 5.69 Å². The van der Waals surface area contributed by atoms with Crippen LogP contribution in [0.15, 0.2) is 24.3 Å². The summed E-state index contributed by atoms with van der Waals surface area (Å²) in [6.45, 7) is 4.44. The highest BCUT2D eigenvalue weighted by atomic mass is 16.1. The summed E-state index contributed by atoms with van der Waals surface area (Å²) in [7, 11) is 0. The summed E-state index contributed by atoms with van der Waals surface area (Å²) in [6.07, 6.45) is 6.15. The zero-order valence-corrected chi connectivity index (χ0v) is 12.6. The Morgan fingerprint density at radius 3 is 2.55 bits per heavy atom. The SMILES string of the molecule is CC[C@@H](C)c1ccc(NC(=O)[C@H]2C[C@@H]3CC[C@H]2C3)cc1. The van der Waals surface area contributed by atoms with Gasteiger partial charge in [-0.25, -0.2) is 0 Å². The monoisotopic (exact) mass is 271 g/mol. The lowest BCUT2D eigenvalue weighted by Crippen LogP contribution is -2.27. The number of anilines is 1. The molecular formula is C18H25NO. The van der Waals surface area contributed by atoms with Gasteiger partial charge in [-0.05, 0) is 61.1 Å². The third-order valence-electron chi connectivity index (χ3n) is 5.43. The third-order valence-corrected chi connectivity index (χ3v) is 5.43. The number of amides is 1. The first-order chi connectivity index (χ1) is 9.67. The number of carbonyl (C=O) groups is 1. The molecule has 2 nitrogen and oxygen atoms in total. The molecule has 108 valence electrons. The Kier molecular flexibility index (Phi) is 3.82. The minimum Gasteiger partial charge on any atom is -0.326 e. The van der Waals surface area contributed by atoms with E-state index in [9.17, 15) is 4.79 Å². The van der Waals surface area contributed by atoms with Gasteiger partial charge in [-0.2, -0.15) is 0 Å². The second-order valence-corrected chi connectivity index (χ2v) is 6.70. The molecule has 20 heavy (non-hydrogen) atoms. The Morgan fingerprint density at radius 2 is 2.00 bits per heavy atom. The number of rotatable bonds is 4. The molecule has 1 N–H and O–H groups in total. The van der Waals surface area contributed by atoms with Crippen molar-refractivity contribution in [3.63, 3.8) is 0 Å². The van der Waals surface area contributed by atoms with Crippen molar-refractivity contribution < 1.29 is 4.79 Å². The molecule has 3 rings (SSSR count). The topological polar surface area (TPSA) is 29.1 Å². The molecule has 0 spiro atoms. The predicted molar refractivity (Wildman–Crippen MR) is 82.7 cm³/mol. The first kappa shape index (κ1) is 13.7. The van der Waals surface area contributed by atoms with Gasteiger partial charge in [0, 0.05) is 11.6 Å². The highest BCUT2D eigenvalue weighted by molar-refractivity contribution is 5.93. The van der Waals surface area contributed by atoms with Gasteiger partial charge in [0.2, 0.25) is 5.91 Å². The molecule has 0 radical (unpaired) electrons. The molecule has 2 fully saturated rings. The van der Waals surface area contributed by atoms with Crippen molar-refractivity contribution in [2.75, 3.05) is 5.32 Å². The third kappa shape index (κ3) is 2.61. The summed E-state index contributed by atoms with van der Waals surface area (Å²) in [5, 5.41) is 3.11. The number of benzene rings is 1. The second-order valence-electron chi connectivity index (χ2n) is 6.70. The van der Waals surface area contributed by atoms with E-state index in [0.717, 1.165) is 24.4 Å². The molecule has 1 aromatic carbocycles. The van der Waals surface area contributed by atoms with E-state index in [0.29, 0.717) is 11.8 Å². The van der Waals surface area contributed by atoms with Crippen LogP contribution >= 0.6 is 0 Å². The van der Waals surface area contributed by atoms with Crippen molar-refractivity contribution in [2.45, 2.75) is 51.9 Å². The number of fused-ring (bicyclic) bond motifs is 2. The summed E-state index contributed by atoms with van der Waals surface area (Å²) >= 11 is 0. The predicted octanol–water partition coefficient (Wildman–Crippen LogP) is 4.57. The van der Waals surface area contributed by atoms with E-state index in [4.69, 9.17) is 0 Å². The van der Waals surface area contributed by atoms with E-state index in [1.165, 1.54) is 24.8 Å². The molecule has 4 atom stereocenters. The van der Waals surface area contributed by atoms with Crippen molar-refractivity contribution in [3.05, 3.63) is 29.8 Å². The van der Waals surface area contributed by atoms with E-state index < -0.39 is 0 Å². The number of nitrogens with one attached hydrogen (secondary N) is 1. The molecule has 2 heteroatoms. The average Bonchev–Trinajstić information content (AvgIpc) is 3.10. The number of carbonyl (C=O) groups excluding carboxylic acids is 1. The zero-order chi connectivity index (χ0) is 14.1. The molecular weight excluding hydrogens is 246 g/mol. The van der Waals surface area contributed by atoms with Crippen LogP contribution < -0.4 is 5.32 Å². The van der Waals surface area contributed by atoms with Crippen LogP contribution in [0.3, 0.4) is 0 Å². The van der Waals surface area contributed by atoms with E-state index >= 15 is 0 Å². The first-order valence-electron chi connectivity index (χ1n) is 8.08. The maximum absolute atomic E-state index is 12.4. The van der Waals surface area contributed by atoms with Gasteiger partial charge in [-0.15, -0.1) is 0 Å². The normalized spacial score (nSPS) is 29.4. The maximum atomic E-state index is 12.4. The highest BCUT2D eigenvalue weighted by Crippen LogP contribution is 2.48. The molecule has 0 aromatic heterocycles. The van der Waals surface area contributed by atoms with Gasteiger partial charge < -0.3 is 5.32 Å². The fourth-order valence-electron chi connectivity index (χ4n) is 3.93. The van der Waals surface area contributed by atoms with Gasteiger partial charge in [0.15, 0.2) is 0 Å². The fourth-order valence-corrected chi connectivity index (χ4v) is 3.93. The van der Waals surface area contributed by atoms with Gasteiger partial charge in [0.05, 0.1) is 0 Å². The minimum atomic E-state index is 0.244. The van der Waals surface area contributed by atoms with Crippen LogP contribution in [0.25, 0.3) is 0 Å². The van der Waals surface area contributed by atoms with E-state index in [1.807, 2.05) is 12.1 Å². The summed E-state index contributed by atoms with van der Waals surface area (Å²) in [5.74, 6) is 2.57. The average molecular weight is 271 g/mol. The summed E-state index contributed by atoms with van der Waals surface area (Å²) in [6, 6.07) is 8.38. The van der Waals surface area contributed by atoms with Crippen LogP contribution in [0, 0.1) is 17.8 Å². The quantitative estimate of drug-likeness (QED) is 0.853. The second kappa shape index (κ2) is 5.59. The summed E-state index contributed by atoms with van der Waals surface area (Å²) in [5.41, 5.74) is 2.30. The zero-order valence-electron chi connectivity index (χ0n) is 12.6. The Balaban J connectivity index is 1.61. The maximum Gasteiger partial charge on any atom is 0.227 e. The smallest absolute Gasteiger partial charge is 0.227 e. The molecule has 2 aliphatic carbocycles. The standard InChI is InChI=1S/C18H25NO/c1-3-12(2)14-6-8-16(9-7-14)19-18(20)17-11-13-4-5-15(17)10-13/h6-9,12-13,15,17H,3-5,10-11H2,1-2H3,(H,19,20)/t12-,13-,15+,17+/m1/s1. The Bertz CT molecular complexity index is 479. The molecule has 0 saturated heterocycles. The lowest BCUT2D eigenvalue weighted by Gasteiger charge is -2.21. The first-order valence-corrected chi connectivity index (χ1v) is 8.08. The van der Waals surface area contributed by atoms with Gasteiger partial charge in [-0.3, -0.25) is 4.79 Å². The summed E-state index contributed by atoms with van der Waals surface area (Å²) < 4.78 is 0. The molecule has 1 amide bonds. The highest BCUT2D eigenvalue weighted by Gasteiger charge is 2.42. The Labute approximate surface area is 122 Å². The van der Waals surface area contributed by atoms with Crippen LogP contribution in [0.1, 0.15) is 57.4 Å². The Morgan fingerprint density at radius 1 is 1.25 bits per heavy atom. The minimum absolute atomic E-state index is 0.244. The van der Waals surface area contributed by atoms with Crippen molar-refractivity contribution in [1.29, 1.82) is 0 Å². The lowest BCUT2D eigenvalue weighted by molar-refractivity contribution is -0.121. The van der Waals surface area contributed by atoms with E-state index in [2.05, 4.69) is 31.3 Å². The largest absolute Gasteiger partial charge is 0.326 e. The van der Waals surface area contributed by atoms with Crippen LogP contribution in [-0.2, 0) is 4.79 Å². The molecule has 0 heterocycles. The molecule has 2 aliphatic rings. The van der Waals surface area contributed by atoms with Crippen LogP contribution in [0.5, 0.6) is 0 Å². The lowest BCUT2D eigenvalue weighted by atomic mass is 9.88. The van der Waals surface area contributed by atoms with Gasteiger partial charge in [-0.1, -0.05) is 32.4 Å². The van der Waals surface area contributed by atoms with Crippen LogP contribution in [0.2, 0.25) is 0 Å². The molecule has 2 saturated carbocycles. The Hall–Kier alpha value is -1.31.